The molecule has 0 spiro atoms. The van der Waals surface area contributed by atoms with Crippen LogP contribution in [-0.4, -0.2) is 54.3 Å². The number of Topliss-reactive ketones (excluding diaryl/α,β-unsaturated/α-hetero) is 1. The summed E-state index contributed by atoms with van der Waals surface area (Å²) < 4.78 is 10.5. The second-order valence-electron chi connectivity index (χ2n) is 7.45. The van der Waals surface area contributed by atoms with Crippen molar-refractivity contribution < 1.29 is 28.7 Å². The second kappa shape index (κ2) is 10.1. The highest BCUT2D eigenvalue weighted by atomic mass is 16.5. The molecule has 0 aliphatic carbocycles. The minimum Gasteiger partial charge on any atom is -0.482 e. The van der Waals surface area contributed by atoms with E-state index < -0.39 is 23.8 Å². The fourth-order valence-electron chi connectivity index (χ4n) is 3.57. The van der Waals surface area contributed by atoms with Crippen molar-refractivity contribution in [3.63, 3.8) is 0 Å². The summed E-state index contributed by atoms with van der Waals surface area (Å²) in [5, 5.41) is 0. The summed E-state index contributed by atoms with van der Waals surface area (Å²) in [4.78, 5) is 52.9. The molecule has 168 valence electrons. The van der Waals surface area contributed by atoms with Crippen LogP contribution in [0.4, 0.5) is 5.69 Å². The Labute approximate surface area is 186 Å². The zero-order valence-corrected chi connectivity index (χ0v) is 18.4. The third-order valence-corrected chi connectivity index (χ3v) is 5.14. The molecule has 1 unspecified atom stereocenters. The van der Waals surface area contributed by atoms with Crippen LogP contribution in [0.5, 0.6) is 5.75 Å². The number of carbonyl (C=O) groups is 4. The van der Waals surface area contributed by atoms with Gasteiger partial charge in [0.25, 0.3) is 5.91 Å². The molecule has 2 aromatic carbocycles. The van der Waals surface area contributed by atoms with Crippen molar-refractivity contribution in [3.8, 4) is 5.75 Å². The van der Waals surface area contributed by atoms with Crippen LogP contribution in [0.3, 0.4) is 0 Å². The predicted octanol–water partition coefficient (Wildman–Crippen LogP) is 2.60. The molecule has 0 fully saturated rings. The van der Waals surface area contributed by atoms with Gasteiger partial charge in [-0.3, -0.25) is 24.1 Å². The molecule has 0 saturated heterocycles. The molecule has 1 aliphatic rings. The van der Waals surface area contributed by atoms with E-state index in [4.69, 9.17) is 9.47 Å². The molecular formula is C24H26N2O6. The first-order valence-corrected chi connectivity index (χ1v) is 10.4. The fraction of sp³-hybridized carbons (Fsp3) is 0.333. The Morgan fingerprint density at radius 2 is 1.88 bits per heavy atom. The van der Waals surface area contributed by atoms with Crippen LogP contribution >= 0.6 is 0 Å². The van der Waals surface area contributed by atoms with Crippen LogP contribution in [0.2, 0.25) is 0 Å². The molecule has 3 rings (SSSR count). The molecular weight excluding hydrogens is 412 g/mol. The van der Waals surface area contributed by atoms with Gasteiger partial charge in [-0.15, -0.1) is 0 Å². The molecule has 0 aromatic heterocycles. The van der Waals surface area contributed by atoms with E-state index in [1.54, 1.807) is 32.0 Å². The number of ketones is 1. The maximum atomic E-state index is 13.5. The van der Waals surface area contributed by atoms with E-state index in [1.165, 1.54) is 16.7 Å². The van der Waals surface area contributed by atoms with E-state index >= 15 is 0 Å². The van der Waals surface area contributed by atoms with E-state index in [0.717, 1.165) is 5.56 Å². The summed E-state index contributed by atoms with van der Waals surface area (Å²) in [5.41, 5.74) is 1.59. The van der Waals surface area contributed by atoms with Gasteiger partial charge >= 0.3 is 5.97 Å². The highest BCUT2D eigenvalue weighted by Crippen LogP contribution is 2.35. The standard InChI is InChI=1S/C24H26N2O6/c1-4-31-23(29)14-25(13-18-8-6-5-7-9-18)24(30)16(2)26-20-12-19(17(3)27)10-11-21(20)32-15-22(26)28/h5-12,16H,4,13-15H2,1-3H3. The lowest BCUT2D eigenvalue weighted by molar-refractivity contribution is -0.149. The van der Waals surface area contributed by atoms with Crippen LogP contribution in [0.15, 0.2) is 48.5 Å². The minimum atomic E-state index is -0.925. The zero-order valence-electron chi connectivity index (χ0n) is 18.4. The van der Waals surface area contributed by atoms with E-state index in [1.807, 2.05) is 30.3 Å². The molecule has 8 nitrogen and oxygen atoms in total. The van der Waals surface area contributed by atoms with Crippen LogP contribution in [0.1, 0.15) is 36.7 Å². The Bertz CT molecular complexity index is 1020. The first-order chi connectivity index (χ1) is 15.3. The first-order valence-electron chi connectivity index (χ1n) is 10.4. The molecule has 8 heteroatoms. The van der Waals surface area contributed by atoms with Gasteiger partial charge in [0, 0.05) is 12.1 Å². The van der Waals surface area contributed by atoms with Crippen LogP contribution < -0.4 is 9.64 Å². The number of nitrogens with zero attached hydrogens (tertiary/aromatic N) is 2. The molecule has 0 bridgehead atoms. The van der Waals surface area contributed by atoms with Gasteiger partial charge in [-0.25, -0.2) is 0 Å². The number of rotatable bonds is 8. The topological polar surface area (TPSA) is 93.2 Å². The van der Waals surface area contributed by atoms with Gasteiger partial charge in [-0.05, 0) is 44.5 Å². The van der Waals surface area contributed by atoms with Crippen LogP contribution in [0, 0.1) is 0 Å². The number of anilines is 1. The summed E-state index contributed by atoms with van der Waals surface area (Å²) in [7, 11) is 0. The summed E-state index contributed by atoms with van der Waals surface area (Å²) >= 11 is 0. The molecule has 0 saturated carbocycles. The second-order valence-corrected chi connectivity index (χ2v) is 7.45. The first kappa shape index (κ1) is 23.0. The van der Waals surface area contributed by atoms with Crippen molar-refractivity contribution in [2.24, 2.45) is 0 Å². The van der Waals surface area contributed by atoms with E-state index in [0.29, 0.717) is 17.0 Å². The Balaban J connectivity index is 1.92. The van der Waals surface area contributed by atoms with E-state index in [9.17, 15) is 19.2 Å². The lowest BCUT2D eigenvalue weighted by Gasteiger charge is -2.36. The molecule has 2 aromatic rings. The SMILES string of the molecule is CCOC(=O)CN(Cc1ccccc1)C(=O)C(C)N1C(=O)COc2ccc(C(C)=O)cc21. The fourth-order valence-corrected chi connectivity index (χ4v) is 3.57. The van der Waals surface area contributed by atoms with Crippen molar-refractivity contribution in [1.29, 1.82) is 0 Å². The molecule has 32 heavy (non-hydrogen) atoms. The molecule has 0 radical (unpaired) electrons. The molecule has 0 N–H and O–H groups in total. The van der Waals surface area contributed by atoms with Crippen molar-refractivity contribution in [2.75, 3.05) is 24.7 Å². The lowest BCUT2D eigenvalue weighted by Crippen LogP contribution is -2.53. The lowest BCUT2D eigenvalue weighted by atomic mass is 10.1. The van der Waals surface area contributed by atoms with Gasteiger partial charge in [-0.1, -0.05) is 30.3 Å². The minimum absolute atomic E-state index is 0.169. The zero-order chi connectivity index (χ0) is 23.3. The summed E-state index contributed by atoms with van der Waals surface area (Å²) in [6, 6.07) is 13.1. The van der Waals surface area contributed by atoms with Gasteiger partial charge in [0.05, 0.1) is 12.3 Å². The third kappa shape index (κ3) is 5.14. The summed E-state index contributed by atoms with van der Waals surface area (Å²) in [6.07, 6.45) is 0. The number of hydrogen-bond donors (Lipinski definition) is 0. The number of amides is 2. The van der Waals surface area contributed by atoms with Crippen LogP contribution in [0.25, 0.3) is 0 Å². The van der Waals surface area contributed by atoms with Gasteiger partial charge in [0.1, 0.15) is 18.3 Å². The maximum absolute atomic E-state index is 13.5. The van der Waals surface area contributed by atoms with Gasteiger partial charge in [-0.2, -0.15) is 0 Å². The van der Waals surface area contributed by atoms with Crippen molar-refractivity contribution in [3.05, 3.63) is 59.7 Å². The smallest absolute Gasteiger partial charge is 0.325 e. The number of ether oxygens (including phenoxy) is 2. The van der Waals surface area contributed by atoms with E-state index in [2.05, 4.69) is 0 Å². The van der Waals surface area contributed by atoms with Gasteiger partial charge in [0.2, 0.25) is 5.91 Å². The van der Waals surface area contributed by atoms with Crippen LogP contribution in [-0.2, 0) is 25.7 Å². The number of carbonyl (C=O) groups excluding carboxylic acids is 4. The maximum Gasteiger partial charge on any atom is 0.325 e. The highest BCUT2D eigenvalue weighted by Gasteiger charge is 2.36. The quantitative estimate of drug-likeness (QED) is 0.465. The summed E-state index contributed by atoms with van der Waals surface area (Å²) in [5.74, 6) is -1.12. The average molecular weight is 438 g/mol. The van der Waals surface area contributed by atoms with Crippen molar-refractivity contribution >= 4 is 29.3 Å². The highest BCUT2D eigenvalue weighted by molar-refractivity contribution is 6.05. The van der Waals surface area contributed by atoms with Gasteiger partial charge < -0.3 is 14.4 Å². The Hall–Kier alpha value is -3.68. The molecule has 1 heterocycles. The molecule has 1 aliphatic heterocycles. The number of fused-ring (bicyclic) bond motifs is 1. The molecule has 2 amide bonds. The Morgan fingerprint density at radius 1 is 1.16 bits per heavy atom. The Kier molecular flexibility index (Phi) is 7.25. The third-order valence-electron chi connectivity index (χ3n) is 5.14. The number of hydrogen-bond acceptors (Lipinski definition) is 6. The van der Waals surface area contributed by atoms with Crippen molar-refractivity contribution in [1.82, 2.24) is 4.90 Å². The Morgan fingerprint density at radius 3 is 2.53 bits per heavy atom. The normalized spacial score (nSPS) is 13.6. The predicted molar refractivity (Wildman–Crippen MR) is 117 cm³/mol. The largest absolute Gasteiger partial charge is 0.482 e. The number of esters is 1. The molecule has 1 atom stereocenters. The van der Waals surface area contributed by atoms with Crippen molar-refractivity contribution in [2.45, 2.75) is 33.4 Å². The van der Waals surface area contributed by atoms with E-state index in [-0.39, 0.29) is 32.1 Å². The number of benzene rings is 2. The van der Waals surface area contributed by atoms with Gasteiger partial charge in [0.15, 0.2) is 12.4 Å². The average Bonchev–Trinajstić information content (AvgIpc) is 2.78. The monoisotopic (exact) mass is 438 g/mol. The summed E-state index contributed by atoms with van der Waals surface area (Å²) in [6.45, 7) is 4.63.